The molecule has 4 heteroatoms. The Morgan fingerprint density at radius 2 is 2.16 bits per heavy atom. The topological polar surface area (TPSA) is 33.2 Å². The molecule has 0 radical (unpaired) electrons. The summed E-state index contributed by atoms with van der Waals surface area (Å²) in [5, 5.41) is 0.383. The highest BCUT2D eigenvalue weighted by Gasteiger charge is 2.26. The Bertz CT molecular complexity index is 455. The molecular weight excluding hydrogens is 260 g/mol. The number of hydrogen-bond acceptors (Lipinski definition) is 2. The first-order valence-corrected chi connectivity index (χ1v) is 7.26. The molecule has 1 amide bonds. The predicted octanol–water partition coefficient (Wildman–Crippen LogP) is 3.69. The number of carbonyl (C=O) groups is 1. The number of hydrogen-bond donors (Lipinski definition) is 0. The number of nitrogens with zero attached hydrogens (tertiary/aromatic N) is 2. The van der Waals surface area contributed by atoms with Crippen molar-refractivity contribution in [3.05, 3.63) is 28.5 Å². The molecule has 1 aliphatic carbocycles. The molecule has 1 saturated carbocycles. The van der Waals surface area contributed by atoms with Crippen molar-refractivity contribution >= 4 is 17.5 Å². The van der Waals surface area contributed by atoms with Crippen LogP contribution >= 0.6 is 11.6 Å². The summed E-state index contributed by atoms with van der Waals surface area (Å²) >= 11 is 5.93. The molecule has 104 valence electrons. The molecule has 1 aromatic heterocycles. The van der Waals surface area contributed by atoms with Gasteiger partial charge in [0.25, 0.3) is 5.91 Å². The van der Waals surface area contributed by atoms with Gasteiger partial charge in [-0.15, -0.1) is 0 Å². The van der Waals surface area contributed by atoms with Crippen molar-refractivity contribution in [2.45, 2.75) is 45.6 Å². The zero-order valence-corrected chi connectivity index (χ0v) is 12.6. The van der Waals surface area contributed by atoms with Crippen LogP contribution in [0.1, 0.15) is 48.7 Å². The van der Waals surface area contributed by atoms with Gasteiger partial charge < -0.3 is 4.90 Å². The van der Waals surface area contributed by atoms with E-state index in [9.17, 15) is 4.79 Å². The standard InChI is InChI=1S/C15H21ClN2O/c1-10-5-4-6-13(7-10)18(3)15(19)12-8-11(2)17-14(16)9-12/h8-10,13H,4-7H2,1-3H3. The predicted molar refractivity (Wildman–Crippen MR) is 77.5 cm³/mol. The minimum Gasteiger partial charge on any atom is -0.339 e. The lowest BCUT2D eigenvalue weighted by Gasteiger charge is -2.34. The highest BCUT2D eigenvalue weighted by molar-refractivity contribution is 6.29. The number of aromatic nitrogens is 1. The van der Waals surface area contributed by atoms with E-state index in [-0.39, 0.29) is 5.91 Å². The van der Waals surface area contributed by atoms with E-state index in [1.807, 2.05) is 18.9 Å². The number of carbonyl (C=O) groups excluding carboxylic acids is 1. The van der Waals surface area contributed by atoms with Crippen LogP contribution in [-0.2, 0) is 0 Å². The van der Waals surface area contributed by atoms with Gasteiger partial charge in [0.2, 0.25) is 0 Å². The average molecular weight is 281 g/mol. The summed E-state index contributed by atoms with van der Waals surface area (Å²) in [6, 6.07) is 3.81. The van der Waals surface area contributed by atoms with Crippen molar-refractivity contribution in [1.29, 1.82) is 0 Å². The van der Waals surface area contributed by atoms with Crippen molar-refractivity contribution < 1.29 is 4.79 Å². The molecule has 0 N–H and O–H groups in total. The lowest BCUT2D eigenvalue weighted by atomic mass is 9.86. The first kappa shape index (κ1) is 14.3. The van der Waals surface area contributed by atoms with Crippen LogP contribution in [-0.4, -0.2) is 28.9 Å². The normalized spacial score (nSPS) is 23.2. The van der Waals surface area contributed by atoms with E-state index >= 15 is 0 Å². The van der Waals surface area contributed by atoms with Crippen LogP contribution in [0.5, 0.6) is 0 Å². The van der Waals surface area contributed by atoms with Crippen molar-refractivity contribution in [3.63, 3.8) is 0 Å². The maximum Gasteiger partial charge on any atom is 0.254 e. The lowest BCUT2D eigenvalue weighted by molar-refractivity contribution is 0.0672. The summed E-state index contributed by atoms with van der Waals surface area (Å²) in [6.07, 6.45) is 4.68. The number of pyridine rings is 1. The van der Waals surface area contributed by atoms with E-state index in [1.54, 1.807) is 12.1 Å². The smallest absolute Gasteiger partial charge is 0.254 e. The van der Waals surface area contributed by atoms with Crippen LogP contribution < -0.4 is 0 Å². The van der Waals surface area contributed by atoms with E-state index in [1.165, 1.54) is 12.8 Å². The third kappa shape index (κ3) is 3.47. The van der Waals surface area contributed by atoms with Gasteiger partial charge in [-0.25, -0.2) is 4.98 Å². The van der Waals surface area contributed by atoms with Gasteiger partial charge >= 0.3 is 0 Å². The minimum atomic E-state index is 0.0477. The van der Waals surface area contributed by atoms with Gasteiger partial charge in [0.1, 0.15) is 5.15 Å². The van der Waals surface area contributed by atoms with Crippen LogP contribution in [0.15, 0.2) is 12.1 Å². The second-order valence-electron chi connectivity index (χ2n) is 5.66. The highest BCUT2D eigenvalue weighted by atomic mass is 35.5. The third-order valence-corrected chi connectivity index (χ3v) is 4.14. The molecule has 0 aliphatic heterocycles. The van der Waals surface area contributed by atoms with Crippen molar-refractivity contribution in [3.8, 4) is 0 Å². The average Bonchev–Trinajstić information content (AvgIpc) is 2.36. The Morgan fingerprint density at radius 3 is 2.79 bits per heavy atom. The number of amides is 1. The molecule has 2 unspecified atom stereocenters. The zero-order valence-electron chi connectivity index (χ0n) is 11.8. The first-order valence-electron chi connectivity index (χ1n) is 6.88. The summed E-state index contributed by atoms with van der Waals surface area (Å²) in [5.41, 5.74) is 1.42. The Kier molecular flexibility index (Phi) is 4.46. The Balaban J connectivity index is 2.13. The lowest BCUT2D eigenvalue weighted by Crippen LogP contribution is -2.39. The fourth-order valence-corrected chi connectivity index (χ4v) is 3.13. The van der Waals surface area contributed by atoms with Gasteiger partial charge in [-0.1, -0.05) is 31.4 Å². The zero-order chi connectivity index (χ0) is 14.0. The Hall–Kier alpha value is -1.09. The third-order valence-electron chi connectivity index (χ3n) is 3.95. The second kappa shape index (κ2) is 5.91. The minimum absolute atomic E-state index is 0.0477. The number of rotatable bonds is 2. The van der Waals surface area contributed by atoms with Crippen molar-refractivity contribution in [2.24, 2.45) is 5.92 Å². The van der Waals surface area contributed by atoms with Gasteiger partial charge in [0.05, 0.1) is 0 Å². The van der Waals surface area contributed by atoms with Crippen LogP contribution in [0.2, 0.25) is 5.15 Å². The summed E-state index contributed by atoms with van der Waals surface area (Å²) < 4.78 is 0. The van der Waals surface area contributed by atoms with Crippen molar-refractivity contribution in [1.82, 2.24) is 9.88 Å². The largest absolute Gasteiger partial charge is 0.339 e. The van der Waals surface area contributed by atoms with E-state index < -0.39 is 0 Å². The van der Waals surface area contributed by atoms with Gasteiger partial charge in [-0.2, -0.15) is 0 Å². The molecule has 3 nitrogen and oxygen atoms in total. The Morgan fingerprint density at radius 1 is 1.42 bits per heavy atom. The van der Waals surface area contributed by atoms with Crippen LogP contribution in [0.25, 0.3) is 0 Å². The molecule has 19 heavy (non-hydrogen) atoms. The van der Waals surface area contributed by atoms with Crippen LogP contribution in [0, 0.1) is 12.8 Å². The fraction of sp³-hybridized carbons (Fsp3) is 0.600. The fourth-order valence-electron chi connectivity index (χ4n) is 2.87. The van der Waals surface area contributed by atoms with Crippen LogP contribution in [0.4, 0.5) is 0 Å². The van der Waals surface area contributed by atoms with Gasteiger partial charge in [-0.3, -0.25) is 4.79 Å². The molecule has 0 aromatic carbocycles. The van der Waals surface area contributed by atoms with Crippen LogP contribution in [0.3, 0.4) is 0 Å². The number of halogens is 1. The summed E-state index contributed by atoms with van der Waals surface area (Å²) in [6.45, 7) is 4.11. The molecule has 0 saturated heterocycles. The Labute approximate surface area is 120 Å². The molecule has 1 heterocycles. The summed E-state index contributed by atoms with van der Waals surface area (Å²) in [7, 11) is 1.90. The summed E-state index contributed by atoms with van der Waals surface area (Å²) in [4.78, 5) is 18.5. The van der Waals surface area contributed by atoms with Gasteiger partial charge in [0, 0.05) is 24.3 Å². The molecule has 2 atom stereocenters. The second-order valence-corrected chi connectivity index (χ2v) is 6.05. The SMILES string of the molecule is Cc1cc(C(=O)N(C)C2CCCC(C)C2)cc(Cl)n1. The number of aryl methyl sites for hydroxylation is 1. The quantitative estimate of drug-likeness (QED) is 0.774. The molecule has 1 aliphatic rings. The highest BCUT2D eigenvalue weighted by Crippen LogP contribution is 2.27. The molecular formula is C15H21ClN2O. The van der Waals surface area contributed by atoms with Gasteiger partial charge in [0.15, 0.2) is 0 Å². The molecule has 1 aromatic rings. The molecule has 1 fully saturated rings. The molecule has 0 spiro atoms. The monoisotopic (exact) mass is 280 g/mol. The first-order chi connectivity index (χ1) is 8.97. The van der Waals surface area contributed by atoms with Crippen molar-refractivity contribution in [2.75, 3.05) is 7.05 Å². The van der Waals surface area contributed by atoms with E-state index in [2.05, 4.69) is 11.9 Å². The van der Waals surface area contributed by atoms with E-state index in [0.29, 0.717) is 22.7 Å². The summed E-state index contributed by atoms with van der Waals surface area (Å²) in [5.74, 6) is 0.753. The van der Waals surface area contributed by atoms with Gasteiger partial charge in [-0.05, 0) is 37.8 Å². The molecule has 0 bridgehead atoms. The van der Waals surface area contributed by atoms with E-state index in [4.69, 9.17) is 11.6 Å². The molecule has 2 rings (SSSR count). The van der Waals surface area contributed by atoms with E-state index in [0.717, 1.165) is 18.5 Å². The maximum atomic E-state index is 12.5. The maximum absolute atomic E-state index is 12.5.